The lowest BCUT2D eigenvalue weighted by molar-refractivity contribution is -0.121. The molecule has 0 saturated carbocycles. The number of rotatable bonds is 9. The fourth-order valence-corrected chi connectivity index (χ4v) is 4.16. The minimum absolute atomic E-state index is 0.128. The lowest BCUT2D eigenvalue weighted by Crippen LogP contribution is -2.25. The van der Waals surface area contributed by atoms with Gasteiger partial charge in [0, 0.05) is 35.8 Å². The molecular weight excluding hydrogens is 338 g/mol. The van der Waals surface area contributed by atoms with Crippen LogP contribution in [0.25, 0.3) is 11.0 Å². The predicted molar refractivity (Wildman–Crippen MR) is 103 cm³/mol. The van der Waals surface area contributed by atoms with Crippen LogP contribution in [0.2, 0.25) is 0 Å². The van der Waals surface area contributed by atoms with Gasteiger partial charge < -0.3 is 10.3 Å². The highest BCUT2D eigenvalue weighted by molar-refractivity contribution is 7.98. The standard InChI is InChI=1S/C18H21N3OS2/c22-18(19-10-12-23-13-14-5-4-11-24-14)9-3-8-17-20-15-6-1-2-7-16(15)21-17/h1-2,4-7,11H,3,8-10,12-13H2,(H,19,22)(H,20,21). The summed E-state index contributed by atoms with van der Waals surface area (Å²) in [7, 11) is 0. The minimum Gasteiger partial charge on any atom is -0.355 e. The Morgan fingerprint density at radius 1 is 1.25 bits per heavy atom. The van der Waals surface area contributed by atoms with Crippen LogP contribution >= 0.6 is 23.1 Å². The lowest BCUT2D eigenvalue weighted by Gasteiger charge is -2.04. The van der Waals surface area contributed by atoms with E-state index in [2.05, 4.69) is 32.8 Å². The Morgan fingerprint density at radius 2 is 2.17 bits per heavy atom. The van der Waals surface area contributed by atoms with Crippen LogP contribution in [-0.2, 0) is 17.0 Å². The maximum Gasteiger partial charge on any atom is 0.220 e. The summed E-state index contributed by atoms with van der Waals surface area (Å²) in [6.07, 6.45) is 2.16. The molecule has 0 atom stereocenters. The monoisotopic (exact) mass is 359 g/mol. The van der Waals surface area contributed by atoms with Crippen LogP contribution in [-0.4, -0.2) is 28.2 Å². The number of benzene rings is 1. The molecule has 0 radical (unpaired) electrons. The van der Waals surface area contributed by atoms with Crippen LogP contribution in [0.15, 0.2) is 41.8 Å². The van der Waals surface area contributed by atoms with Crippen molar-refractivity contribution in [1.29, 1.82) is 0 Å². The number of aromatic nitrogens is 2. The SMILES string of the molecule is O=C(CCCc1nc2ccccc2[nH]1)NCCSCc1cccs1. The Hall–Kier alpha value is -1.79. The number of carbonyl (C=O) groups excluding carboxylic acids is 1. The number of hydrogen-bond acceptors (Lipinski definition) is 4. The van der Waals surface area contributed by atoms with Crippen molar-refractivity contribution < 1.29 is 4.79 Å². The van der Waals surface area contributed by atoms with Gasteiger partial charge in [0.05, 0.1) is 11.0 Å². The Labute approximate surface area is 150 Å². The summed E-state index contributed by atoms with van der Waals surface area (Å²) in [5.74, 6) is 3.06. The van der Waals surface area contributed by atoms with Crippen LogP contribution in [0.1, 0.15) is 23.5 Å². The quantitative estimate of drug-likeness (QED) is 0.568. The van der Waals surface area contributed by atoms with Crippen molar-refractivity contribution in [2.75, 3.05) is 12.3 Å². The van der Waals surface area contributed by atoms with E-state index in [9.17, 15) is 4.79 Å². The second kappa shape index (κ2) is 8.89. The Balaban J connectivity index is 1.28. The molecule has 0 spiro atoms. The van der Waals surface area contributed by atoms with E-state index in [4.69, 9.17) is 0 Å². The third kappa shape index (κ3) is 5.11. The van der Waals surface area contributed by atoms with Crippen molar-refractivity contribution in [2.24, 2.45) is 0 Å². The molecule has 6 heteroatoms. The summed E-state index contributed by atoms with van der Waals surface area (Å²) in [5.41, 5.74) is 2.04. The van der Waals surface area contributed by atoms with Gasteiger partial charge in [-0.1, -0.05) is 18.2 Å². The number of thiophene rings is 1. The Kier molecular flexibility index (Phi) is 6.32. The predicted octanol–water partition coefficient (Wildman–Crippen LogP) is 4.00. The fourth-order valence-electron chi connectivity index (χ4n) is 2.46. The topological polar surface area (TPSA) is 57.8 Å². The number of nitrogens with one attached hydrogen (secondary N) is 2. The van der Waals surface area contributed by atoms with E-state index in [1.54, 1.807) is 11.3 Å². The first-order valence-corrected chi connectivity index (χ1v) is 10.1. The van der Waals surface area contributed by atoms with Crippen molar-refractivity contribution in [3.8, 4) is 0 Å². The molecule has 0 aliphatic carbocycles. The molecule has 3 aromatic rings. The lowest BCUT2D eigenvalue weighted by atomic mass is 10.2. The van der Waals surface area contributed by atoms with Crippen molar-refractivity contribution in [3.05, 3.63) is 52.5 Å². The second-order valence-corrected chi connectivity index (χ2v) is 7.67. The number of carbonyl (C=O) groups is 1. The van der Waals surface area contributed by atoms with Gasteiger partial charge in [0.25, 0.3) is 0 Å². The molecule has 4 nitrogen and oxygen atoms in total. The zero-order chi connectivity index (χ0) is 16.6. The van der Waals surface area contributed by atoms with E-state index in [-0.39, 0.29) is 5.91 Å². The smallest absolute Gasteiger partial charge is 0.220 e. The number of fused-ring (bicyclic) bond motifs is 1. The third-order valence-corrected chi connectivity index (χ3v) is 5.72. The molecule has 3 rings (SSSR count). The number of aromatic amines is 1. The van der Waals surface area contributed by atoms with Gasteiger partial charge in [-0.3, -0.25) is 4.79 Å². The molecule has 2 N–H and O–H groups in total. The first-order chi connectivity index (χ1) is 11.8. The summed E-state index contributed by atoms with van der Waals surface area (Å²) >= 11 is 3.64. The first kappa shape index (κ1) is 17.0. The summed E-state index contributed by atoms with van der Waals surface area (Å²) < 4.78 is 0. The maximum absolute atomic E-state index is 11.8. The summed E-state index contributed by atoms with van der Waals surface area (Å²) in [6, 6.07) is 12.2. The third-order valence-electron chi connectivity index (χ3n) is 3.65. The summed E-state index contributed by atoms with van der Waals surface area (Å²) in [5, 5.41) is 5.09. The molecule has 0 aliphatic heterocycles. The van der Waals surface area contributed by atoms with Crippen molar-refractivity contribution in [1.82, 2.24) is 15.3 Å². The Morgan fingerprint density at radius 3 is 3.00 bits per heavy atom. The number of para-hydroxylation sites is 2. The van der Waals surface area contributed by atoms with Crippen LogP contribution in [0.3, 0.4) is 0 Å². The van der Waals surface area contributed by atoms with E-state index in [0.717, 1.165) is 47.7 Å². The summed E-state index contributed by atoms with van der Waals surface area (Å²) in [4.78, 5) is 21.1. The van der Waals surface area contributed by atoms with Crippen molar-refractivity contribution in [2.45, 2.75) is 25.0 Å². The number of thioether (sulfide) groups is 1. The molecule has 1 aromatic carbocycles. The van der Waals surface area contributed by atoms with Gasteiger partial charge in [0.1, 0.15) is 5.82 Å². The number of amides is 1. The van der Waals surface area contributed by atoms with E-state index < -0.39 is 0 Å². The Bertz CT molecular complexity index is 735. The van der Waals surface area contributed by atoms with Gasteiger partial charge in [-0.2, -0.15) is 11.8 Å². The van der Waals surface area contributed by atoms with Crippen LogP contribution in [0.5, 0.6) is 0 Å². The highest BCUT2D eigenvalue weighted by atomic mass is 32.2. The number of nitrogens with zero attached hydrogens (tertiary/aromatic N) is 1. The molecule has 0 aliphatic rings. The molecule has 2 aromatic heterocycles. The van der Waals surface area contributed by atoms with E-state index >= 15 is 0 Å². The van der Waals surface area contributed by atoms with Crippen LogP contribution in [0.4, 0.5) is 0 Å². The first-order valence-electron chi connectivity index (χ1n) is 8.12. The highest BCUT2D eigenvalue weighted by Crippen LogP contribution is 2.16. The number of H-pyrrole nitrogens is 1. The molecule has 0 bridgehead atoms. The molecule has 0 unspecified atom stereocenters. The van der Waals surface area contributed by atoms with Gasteiger partial charge >= 0.3 is 0 Å². The zero-order valence-corrected chi connectivity index (χ0v) is 15.1. The molecule has 0 fully saturated rings. The minimum atomic E-state index is 0.128. The molecule has 1 amide bonds. The highest BCUT2D eigenvalue weighted by Gasteiger charge is 2.05. The number of aryl methyl sites for hydroxylation is 1. The largest absolute Gasteiger partial charge is 0.355 e. The molecule has 2 heterocycles. The second-order valence-electron chi connectivity index (χ2n) is 5.54. The van der Waals surface area contributed by atoms with Crippen LogP contribution < -0.4 is 5.32 Å². The van der Waals surface area contributed by atoms with Gasteiger partial charge in [0.2, 0.25) is 5.91 Å². The van der Waals surface area contributed by atoms with Crippen LogP contribution in [0, 0.1) is 0 Å². The molecule has 0 saturated heterocycles. The van der Waals surface area contributed by atoms with E-state index in [1.165, 1.54) is 4.88 Å². The number of hydrogen-bond donors (Lipinski definition) is 2. The van der Waals surface area contributed by atoms with Gasteiger partial charge in [-0.05, 0) is 30.0 Å². The van der Waals surface area contributed by atoms with Gasteiger partial charge in [0.15, 0.2) is 0 Å². The van der Waals surface area contributed by atoms with Crippen molar-refractivity contribution in [3.63, 3.8) is 0 Å². The van der Waals surface area contributed by atoms with Gasteiger partial charge in [-0.25, -0.2) is 4.98 Å². The van der Waals surface area contributed by atoms with Crippen molar-refractivity contribution >= 4 is 40.0 Å². The summed E-state index contributed by atoms with van der Waals surface area (Å²) in [6.45, 7) is 0.736. The number of imidazole rings is 1. The van der Waals surface area contributed by atoms with Gasteiger partial charge in [-0.15, -0.1) is 11.3 Å². The van der Waals surface area contributed by atoms with E-state index in [1.807, 2.05) is 36.0 Å². The van der Waals surface area contributed by atoms with E-state index in [0.29, 0.717) is 6.42 Å². The zero-order valence-electron chi connectivity index (χ0n) is 13.5. The molecular formula is C18H21N3OS2. The molecule has 24 heavy (non-hydrogen) atoms. The average molecular weight is 360 g/mol. The maximum atomic E-state index is 11.8. The molecule has 126 valence electrons. The normalized spacial score (nSPS) is 11.0. The average Bonchev–Trinajstić information content (AvgIpc) is 3.23. The fraction of sp³-hybridized carbons (Fsp3) is 0.333.